The smallest absolute Gasteiger partial charge is 0.271 e. The Kier molecular flexibility index (Phi) is 7.24. The van der Waals surface area contributed by atoms with Gasteiger partial charge in [0.05, 0.1) is 19.8 Å². The number of halogens is 2. The molecule has 3 N–H and O–H groups in total. The summed E-state index contributed by atoms with van der Waals surface area (Å²) in [6.45, 7) is 3.34. The van der Waals surface area contributed by atoms with Crippen molar-refractivity contribution in [2.45, 2.75) is 24.8 Å². The zero-order valence-corrected chi connectivity index (χ0v) is 17.5. The number of nitrogens with one attached hydrogen (secondary N) is 3. The summed E-state index contributed by atoms with van der Waals surface area (Å²) >= 11 is 12.9. The third kappa shape index (κ3) is 5.66. The van der Waals surface area contributed by atoms with E-state index >= 15 is 0 Å². The molecule has 0 saturated heterocycles. The van der Waals surface area contributed by atoms with Gasteiger partial charge in [0.1, 0.15) is 6.04 Å². The summed E-state index contributed by atoms with van der Waals surface area (Å²) in [4.78, 5) is 24.6. The van der Waals surface area contributed by atoms with E-state index in [9.17, 15) is 18.0 Å². The fourth-order valence-corrected chi connectivity index (χ4v) is 4.39. The van der Waals surface area contributed by atoms with Crippen LogP contribution in [0, 0.1) is 5.92 Å². The van der Waals surface area contributed by atoms with Gasteiger partial charge in [-0.1, -0.05) is 43.1 Å². The van der Waals surface area contributed by atoms with Gasteiger partial charge in [-0.3, -0.25) is 20.4 Å². The summed E-state index contributed by atoms with van der Waals surface area (Å²) < 4.78 is 27.4. The van der Waals surface area contributed by atoms with Crippen LogP contribution < -0.4 is 15.6 Å². The van der Waals surface area contributed by atoms with E-state index in [2.05, 4.69) is 15.6 Å². The number of rotatable bonds is 6. The molecule has 1 atom stereocenters. The number of benzene rings is 1. The molecule has 1 aromatic heterocycles. The Morgan fingerprint density at radius 1 is 1.07 bits per heavy atom. The standard InChI is InChI=1S/C16H17Cl2N3O4S2/c1-9(2)14(16(23)20-19-15(22)13-4-3-7-26-13)21-27(24,25)10-5-6-11(17)12(18)8-10/h3-9,14,21H,1-2H3,(H,19,22)(H,20,23)/t14-/m1/s1. The average Bonchev–Trinajstić information content (AvgIpc) is 3.14. The van der Waals surface area contributed by atoms with Crippen molar-refractivity contribution in [3.05, 3.63) is 50.6 Å². The maximum absolute atomic E-state index is 12.6. The Balaban J connectivity index is 2.10. The summed E-state index contributed by atoms with van der Waals surface area (Å²) in [5.74, 6) is -1.58. The van der Waals surface area contributed by atoms with Crippen LogP contribution in [-0.2, 0) is 14.8 Å². The second kappa shape index (κ2) is 9.03. The van der Waals surface area contributed by atoms with Crippen LogP contribution in [0.1, 0.15) is 23.5 Å². The molecule has 27 heavy (non-hydrogen) atoms. The molecule has 0 radical (unpaired) electrons. The van der Waals surface area contributed by atoms with Gasteiger partial charge in [-0.15, -0.1) is 11.3 Å². The number of hydrogen-bond donors (Lipinski definition) is 3. The SMILES string of the molecule is CC(C)[C@@H](NS(=O)(=O)c1ccc(Cl)c(Cl)c1)C(=O)NNC(=O)c1cccs1. The van der Waals surface area contributed by atoms with Gasteiger partial charge in [0, 0.05) is 0 Å². The lowest BCUT2D eigenvalue weighted by atomic mass is 10.1. The molecule has 0 aliphatic carbocycles. The molecule has 0 spiro atoms. The van der Waals surface area contributed by atoms with Gasteiger partial charge in [0.15, 0.2) is 0 Å². The van der Waals surface area contributed by atoms with E-state index in [0.717, 1.165) is 0 Å². The number of amides is 2. The van der Waals surface area contributed by atoms with Crippen molar-refractivity contribution in [3.63, 3.8) is 0 Å². The number of hydrazine groups is 1. The topological polar surface area (TPSA) is 104 Å². The Bertz CT molecular complexity index is 931. The molecule has 0 aliphatic rings. The van der Waals surface area contributed by atoms with Crippen molar-refractivity contribution in [3.8, 4) is 0 Å². The zero-order valence-electron chi connectivity index (χ0n) is 14.3. The molecule has 0 fully saturated rings. The van der Waals surface area contributed by atoms with Crippen molar-refractivity contribution in [2.24, 2.45) is 5.92 Å². The first-order chi connectivity index (χ1) is 12.6. The van der Waals surface area contributed by atoms with Crippen LogP contribution in [0.25, 0.3) is 0 Å². The molecule has 0 saturated carbocycles. The molecule has 7 nitrogen and oxygen atoms in total. The lowest BCUT2D eigenvalue weighted by Crippen LogP contribution is -2.54. The summed E-state index contributed by atoms with van der Waals surface area (Å²) in [5.41, 5.74) is 4.50. The van der Waals surface area contributed by atoms with E-state index < -0.39 is 27.9 Å². The van der Waals surface area contributed by atoms with E-state index in [1.165, 1.54) is 29.5 Å². The quantitative estimate of drug-likeness (QED) is 0.589. The van der Waals surface area contributed by atoms with Crippen molar-refractivity contribution in [2.75, 3.05) is 0 Å². The number of thiophene rings is 1. The first kappa shape index (κ1) is 21.6. The second-order valence-electron chi connectivity index (χ2n) is 5.84. The number of hydrogen-bond acceptors (Lipinski definition) is 5. The highest BCUT2D eigenvalue weighted by atomic mass is 35.5. The molecule has 1 heterocycles. The molecular formula is C16H17Cl2N3O4S2. The highest BCUT2D eigenvalue weighted by Gasteiger charge is 2.29. The summed E-state index contributed by atoms with van der Waals surface area (Å²) in [7, 11) is -4.04. The molecule has 2 aromatic rings. The Labute approximate surface area is 171 Å². The third-order valence-corrected chi connectivity index (χ3v) is 6.52. The monoisotopic (exact) mass is 449 g/mol. The van der Waals surface area contributed by atoms with Crippen LogP contribution in [-0.4, -0.2) is 26.3 Å². The highest BCUT2D eigenvalue weighted by molar-refractivity contribution is 7.89. The maximum Gasteiger partial charge on any atom is 0.279 e. The minimum Gasteiger partial charge on any atom is -0.271 e. The molecule has 0 unspecified atom stereocenters. The lowest BCUT2D eigenvalue weighted by Gasteiger charge is -2.21. The van der Waals surface area contributed by atoms with Crippen molar-refractivity contribution < 1.29 is 18.0 Å². The molecule has 1 aromatic carbocycles. The predicted molar refractivity (Wildman–Crippen MR) is 105 cm³/mol. The Morgan fingerprint density at radius 2 is 1.78 bits per heavy atom. The van der Waals surface area contributed by atoms with Crippen LogP contribution in [0.3, 0.4) is 0 Å². The van der Waals surface area contributed by atoms with Gasteiger partial charge in [0.2, 0.25) is 10.0 Å². The van der Waals surface area contributed by atoms with Gasteiger partial charge in [-0.05, 0) is 35.6 Å². The molecule has 11 heteroatoms. The maximum atomic E-state index is 12.6. The number of carbonyl (C=O) groups excluding carboxylic acids is 2. The molecule has 2 rings (SSSR count). The Morgan fingerprint density at radius 3 is 2.33 bits per heavy atom. The minimum absolute atomic E-state index is 0.0771. The van der Waals surface area contributed by atoms with Gasteiger partial charge >= 0.3 is 0 Å². The van der Waals surface area contributed by atoms with Gasteiger partial charge in [-0.25, -0.2) is 8.42 Å². The van der Waals surface area contributed by atoms with E-state index in [4.69, 9.17) is 23.2 Å². The normalized spacial score (nSPS) is 12.6. The van der Waals surface area contributed by atoms with E-state index in [0.29, 0.717) is 4.88 Å². The number of sulfonamides is 1. The highest BCUT2D eigenvalue weighted by Crippen LogP contribution is 2.25. The van der Waals surface area contributed by atoms with Crippen LogP contribution in [0.4, 0.5) is 0 Å². The molecule has 2 amide bonds. The van der Waals surface area contributed by atoms with Crippen LogP contribution in [0.15, 0.2) is 40.6 Å². The van der Waals surface area contributed by atoms with Gasteiger partial charge in [0.25, 0.3) is 11.8 Å². The average molecular weight is 450 g/mol. The largest absolute Gasteiger partial charge is 0.279 e. The van der Waals surface area contributed by atoms with Crippen LogP contribution in [0.5, 0.6) is 0 Å². The lowest BCUT2D eigenvalue weighted by molar-refractivity contribution is -0.124. The van der Waals surface area contributed by atoms with Gasteiger partial charge in [-0.2, -0.15) is 4.72 Å². The summed E-state index contributed by atoms with van der Waals surface area (Å²) in [6.07, 6.45) is 0. The van der Waals surface area contributed by atoms with Crippen LogP contribution >= 0.6 is 34.5 Å². The molecular weight excluding hydrogens is 433 g/mol. The van der Waals surface area contributed by atoms with Gasteiger partial charge < -0.3 is 0 Å². The first-order valence-electron chi connectivity index (χ1n) is 7.73. The fraction of sp³-hybridized carbons (Fsp3) is 0.250. The molecule has 0 bridgehead atoms. The zero-order chi connectivity index (χ0) is 20.2. The van der Waals surface area contributed by atoms with Crippen molar-refractivity contribution in [1.82, 2.24) is 15.6 Å². The molecule has 0 aliphatic heterocycles. The predicted octanol–water partition coefficient (Wildman–Crippen LogP) is 2.82. The van der Waals surface area contributed by atoms with Crippen molar-refractivity contribution in [1.29, 1.82) is 0 Å². The van der Waals surface area contributed by atoms with Crippen molar-refractivity contribution >= 4 is 56.4 Å². The number of carbonyl (C=O) groups is 2. The summed E-state index contributed by atoms with van der Waals surface area (Å²) in [6, 6.07) is 6.00. The van der Waals surface area contributed by atoms with E-state index in [-0.39, 0.29) is 20.9 Å². The minimum atomic E-state index is -4.04. The fourth-order valence-electron chi connectivity index (χ4n) is 2.04. The van der Waals surface area contributed by atoms with E-state index in [1.54, 1.807) is 31.4 Å². The molecule has 146 valence electrons. The van der Waals surface area contributed by atoms with Crippen LogP contribution in [0.2, 0.25) is 10.0 Å². The first-order valence-corrected chi connectivity index (χ1v) is 10.8. The Hall–Kier alpha value is -1.65. The second-order valence-corrected chi connectivity index (χ2v) is 9.32. The third-order valence-electron chi connectivity index (χ3n) is 3.48. The summed E-state index contributed by atoms with van der Waals surface area (Å²) in [5, 5.41) is 2.01. The van der Waals surface area contributed by atoms with E-state index in [1.807, 2.05) is 0 Å².